The van der Waals surface area contributed by atoms with Gasteiger partial charge in [0.05, 0.1) is 0 Å². The van der Waals surface area contributed by atoms with Crippen molar-refractivity contribution in [3.8, 4) is 5.75 Å². The van der Waals surface area contributed by atoms with E-state index in [0.29, 0.717) is 0 Å². The van der Waals surface area contributed by atoms with E-state index in [-0.39, 0.29) is 5.75 Å². The number of phenolic OH excluding ortho intramolecular Hbond substituents is 1. The Kier molecular flexibility index (Phi) is 10.9. The summed E-state index contributed by atoms with van der Waals surface area (Å²) in [6.45, 7) is 2.28. The molecule has 0 radical (unpaired) electrons. The van der Waals surface area contributed by atoms with Crippen molar-refractivity contribution >= 4 is 10.9 Å². The molecule has 0 bridgehead atoms. The lowest BCUT2D eigenvalue weighted by atomic mass is 10.0. The molecule has 0 fully saturated rings. The van der Waals surface area contributed by atoms with E-state index >= 15 is 0 Å². The topological polar surface area (TPSA) is 33.1 Å². The molecule has 2 rings (SSSR count). The van der Waals surface area contributed by atoms with E-state index in [4.69, 9.17) is 0 Å². The second-order valence-corrected chi connectivity index (χ2v) is 8.00. The molecule has 150 valence electrons. The Hall–Kier alpha value is -1.57. The number of aromatic nitrogens is 1. The maximum atomic E-state index is 9.93. The summed E-state index contributed by atoms with van der Waals surface area (Å²) in [5.74, 6) is 0.287. The van der Waals surface area contributed by atoms with Gasteiger partial charge in [0.15, 0.2) is 0 Å². The summed E-state index contributed by atoms with van der Waals surface area (Å²) >= 11 is 0. The first-order chi connectivity index (χ1) is 13.3. The molecule has 2 aromatic rings. The number of unbranched alkanes of at least 4 members (excludes halogenated alkanes) is 13. The fourth-order valence-electron chi connectivity index (χ4n) is 3.81. The number of aromatic hydroxyl groups is 1. The van der Waals surface area contributed by atoms with Gasteiger partial charge in [-0.2, -0.15) is 0 Å². The highest BCUT2D eigenvalue weighted by molar-refractivity contribution is 5.84. The lowest BCUT2D eigenvalue weighted by Gasteiger charge is -2.05. The average Bonchev–Trinajstić information content (AvgIpc) is 2.69. The lowest BCUT2D eigenvalue weighted by Crippen LogP contribution is -1.92. The highest BCUT2D eigenvalue weighted by Gasteiger charge is 2.03. The first kappa shape index (κ1) is 21.7. The van der Waals surface area contributed by atoms with Crippen LogP contribution >= 0.6 is 0 Å². The second-order valence-electron chi connectivity index (χ2n) is 8.00. The summed E-state index contributed by atoms with van der Waals surface area (Å²) < 4.78 is 0. The summed E-state index contributed by atoms with van der Waals surface area (Å²) in [5.41, 5.74) is 1.84. The average molecular weight is 370 g/mol. The smallest absolute Gasteiger partial charge is 0.141 e. The number of rotatable bonds is 15. The first-order valence-electron chi connectivity index (χ1n) is 11.4. The maximum absolute atomic E-state index is 9.93. The Balaban J connectivity index is 1.44. The molecule has 1 aromatic heterocycles. The molecule has 0 aliphatic rings. The minimum atomic E-state index is 0.287. The molecule has 0 amide bonds. The third-order valence-electron chi connectivity index (χ3n) is 5.54. The predicted molar refractivity (Wildman–Crippen MR) is 117 cm³/mol. The van der Waals surface area contributed by atoms with Crippen LogP contribution in [0.15, 0.2) is 30.3 Å². The standard InChI is InChI=1S/C25H39NO/c1-2-3-4-5-6-7-8-9-10-11-12-13-14-15-18-23-21-20-22-17-16-19-24(27)25(22)26-23/h16-17,19-21,27H,2-15,18H2,1H3. The van der Waals surface area contributed by atoms with E-state index < -0.39 is 0 Å². The number of hydrogen-bond donors (Lipinski definition) is 1. The molecule has 0 aliphatic heterocycles. The second kappa shape index (κ2) is 13.6. The summed E-state index contributed by atoms with van der Waals surface area (Å²) in [6.07, 6.45) is 20.4. The maximum Gasteiger partial charge on any atom is 0.141 e. The Morgan fingerprint density at radius 3 is 1.81 bits per heavy atom. The molecule has 1 N–H and O–H groups in total. The van der Waals surface area contributed by atoms with E-state index in [1.807, 2.05) is 12.1 Å². The van der Waals surface area contributed by atoms with Crippen molar-refractivity contribution in [1.82, 2.24) is 4.98 Å². The third-order valence-corrected chi connectivity index (χ3v) is 5.54. The van der Waals surface area contributed by atoms with Gasteiger partial charge in [0.1, 0.15) is 11.3 Å². The number of para-hydroxylation sites is 1. The molecule has 1 aromatic carbocycles. The van der Waals surface area contributed by atoms with Crippen LogP contribution in [0.4, 0.5) is 0 Å². The minimum Gasteiger partial charge on any atom is -0.506 e. The number of benzene rings is 1. The number of aryl methyl sites for hydroxylation is 1. The summed E-state index contributed by atoms with van der Waals surface area (Å²) in [4.78, 5) is 4.62. The van der Waals surface area contributed by atoms with Gasteiger partial charge in [0.25, 0.3) is 0 Å². The van der Waals surface area contributed by atoms with Crippen LogP contribution in [0.3, 0.4) is 0 Å². The van der Waals surface area contributed by atoms with Gasteiger partial charge >= 0.3 is 0 Å². The molecule has 2 heteroatoms. The van der Waals surface area contributed by atoms with Crippen LogP contribution in [0.1, 0.15) is 103 Å². The lowest BCUT2D eigenvalue weighted by molar-refractivity contribution is 0.480. The normalized spacial score (nSPS) is 11.3. The van der Waals surface area contributed by atoms with Crippen molar-refractivity contribution in [1.29, 1.82) is 0 Å². The van der Waals surface area contributed by atoms with Crippen molar-refractivity contribution in [3.05, 3.63) is 36.0 Å². The zero-order chi connectivity index (χ0) is 19.2. The summed E-state index contributed by atoms with van der Waals surface area (Å²) in [7, 11) is 0. The van der Waals surface area contributed by atoms with Crippen LogP contribution in [-0.4, -0.2) is 10.1 Å². The fourth-order valence-corrected chi connectivity index (χ4v) is 3.81. The highest BCUT2D eigenvalue weighted by Crippen LogP contribution is 2.23. The van der Waals surface area contributed by atoms with Crippen LogP contribution in [0, 0.1) is 0 Å². The molecule has 0 aliphatic carbocycles. The van der Waals surface area contributed by atoms with E-state index in [9.17, 15) is 5.11 Å². The van der Waals surface area contributed by atoms with Crippen molar-refractivity contribution in [2.45, 2.75) is 103 Å². The van der Waals surface area contributed by atoms with Gasteiger partial charge in [-0.15, -0.1) is 0 Å². The van der Waals surface area contributed by atoms with Gasteiger partial charge in [-0.05, 0) is 25.0 Å². The summed E-state index contributed by atoms with van der Waals surface area (Å²) in [6, 6.07) is 9.75. The van der Waals surface area contributed by atoms with Crippen molar-refractivity contribution in [2.75, 3.05) is 0 Å². The van der Waals surface area contributed by atoms with Gasteiger partial charge in [0, 0.05) is 11.1 Å². The Morgan fingerprint density at radius 2 is 1.22 bits per heavy atom. The van der Waals surface area contributed by atoms with Gasteiger partial charge in [0.2, 0.25) is 0 Å². The van der Waals surface area contributed by atoms with E-state index in [0.717, 1.165) is 23.0 Å². The Labute approximate surface area is 166 Å². The van der Waals surface area contributed by atoms with E-state index in [1.54, 1.807) is 6.07 Å². The Morgan fingerprint density at radius 1 is 0.667 bits per heavy atom. The molecule has 0 unspecified atom stereocenters. The SMILES string of the molecule is CCCCCCCCCCCCCCCCc1ccc2cccc(O)c2n1. The highest BCUT2D eigenvalue weighted by atomic mass is 16.3. The zero-order valence-corrected chi connectivity index (χ0v) is 17.4. The molecule has 0 saturated heterocycles. The third kappa shape index (κ3) is 8.77. The van der Waals surface area contributed by atoms with Crippen LogP contribution in [0.25, 0.3) is 10.9 Å². The molecular weight excluding hydrogens is 330 g/mol. The number of pyridine rings is 1. The van der Waals surface area contributed by atoms with E-state index in [2.05, 4.69) is 24.0 Å². The van der Waals surface area contributed by atoms with Crippen molar-refractivity contribution in [3.63, 3.8) is 0 Å². The van der Waals surface area contributed by atoms with Crippen molar-refractivity contribution in [2.24, 2.45) is 0 Å². The molecule has 2 nitrogen and oxygen atoms in total. The summed E-state index contributed by atoms with van der Waals surface area (Å²) in [5, 5.41) is 10.9. The molecule has 0 spiro atoms. The Bertz CT molecular complexity index is 637. The molecule has 0 saturated carbocycles. The quantitative estimate of drug-likeness (QED) is 0.323. The fraction of sp³-hybridized carbons (Fsp3) is 0.640. The molecule has 27 heavy (non-hydrogen) atoms. The van der Waals surface area contributed by atoms with E-state index in [1.165, 1.54) is 89.9 Å². The van der Waals surface area contributed by atoms with Gasteiger partial charge in [-0.1, -0.05) is 109 Å². The number of phenols is 1. The molecular formula is C25H39NO. The molecule has 1 heterocycles. The van der Waals surface area contributed by atoms with Crippen molar-refractivity contribution < 1.29 is 5.11 Å². The van der Waals surface area contributed by atoms with Gasteiger partial charge in [-0.3, -0.25) is 0 Å². The number of nitrogens with zero attached hydrogens (tertiary/aromatic N) is 1. The van der Waals surface area contributed by atoms with Crippen LogP contribution in [0.5, 0.6) is 5.75 Å². The predicted octanol–water partition coefficient (Wildman–Crippen LogP) is 7.96. The largest absolute Gasteiger partial charge is 0.506 e. The van der Waals surface area contributed by atoms with Crippen LogP contribution in [0.2, 0.25) is 0 Å². The van der Waals surface area contributed by atoms with Crippen LogP contribution in [-0.2, 0) is 6.42 Å². The monoisotopic (exact) mass is 369 g/mol. The number of fused-ring (bicyclic) bond motifs is 1. The minimum absolute atomic E-state index is 0.287. The van der Waals surface area contributed by atoms with Gasteiger partial charge in [-0.25, -0.2) is 4.98 Å². The molecule has 0 atom stereocenters. The zero-order valence-electron chi connectivity index (χ0n) is 17.4. The van der Waals surface area contributed by atoms with Gasteiger partial charge < -0.3 is 5.11 Å². The number of hydrogen-bond acceptors (Lipinski definition) is 2. The first-order valence-corrected chi connectivity index (χ1v) is 11.4. The van der Waals surface area contributed by atoms with Crippen LogP contribution < -0.4 is 0 Å².